The molecule has 4 N–H and O–H groups in total. The van der Waals surface area contributed by atoms with Crippen LogP contribution in [0.1, 0.15) is 0 Å². The molecule has 0 aromatic heterocycles. The van der Waals surface area contributed by atoms with Crippen molar-refractivity contribution >= 4 is 10.2 Å². The van der Waals surface area contributed by atoms with E-state index in [4.69, 9.17) is 0 Å². The molecule has 0 unspecified atom stereocenters. The molecule has 0 aliphatic heterocycles. The fourth-order valence-corrected chi connectivity index (χ4v) is 1.13. The largest absolute Gasteiger partial charge is 0.271 e. The van der Waals surface area contributed by atoms with Crippen LogP contribution < -0.4 is 10.3 Å². The Morgan fingerprint density at radius 3 is 1.47 bits per heavy atom. The molecule has 0 saturated heterocycles. The molecular formula is C10H12N2O2S. The molecule has 15 heavy (non-hydrogen) atoms. The van der Waals surface area contributed by atoms with Crippen molar-refractivity contribution in [2.75, 3.05) is 0 Å². The second-order valence-electron chi connectivity index (χ2n) is 2.94. The van der Waals surface area contributed by atoms with Gasteiger partial charge in [0.05, 0.1) is 0 Å². The topological polar surface area (TPSA) is 86.2 Å². The van der Waals surface area contributed by atoms with Crippen LogP contribution in [0.15, 0.2) is 48.5 Å². The van der Waals surface area contributed by atoms with E-state index in [0.717, 1.165) is 0 Å². The van der Waals surface area contributed by atoms with Gasteiger partial charge in [-0.05, 0) is 11.1 Å². The lowest BCUT2D eigenvalue weighted by Crippen LogP contribution is -2.21. The van der Waals surface area contributed by atoms with Crippen LogP contribution in [0.4, 0.5) is 0 Å². The van der Waals surface area contributed by atoms with Gasteiger partial charge < -0.3 is 0 Å². The fraction of sp³-hybridized carbons (Fsp3) is 0. The number of hydrogen-bond acceptors (Lipinski definition) is 2. The first kappa shape index (κ1) is 11.6. The predicted molar refractivity (Wildman–Crippen MR) is 60.4 cm³/mol. The molecule has 0 heterocycles. The number of nitrogens with two attached hydrogens (primary N) is 2. The highest BCUT2D eigenvalue weighted by molar-refractivity contribution is 7.86. The van der Waals surface area contributed by atoms with Crippen molar-refractivity contribution in [3.8, 4) is 11.1 Å². The van der Waals surface area contributed by atoms with Gasteiger partial charge in [0, 0.05) is 0 Å². The van der Waals surface area contributed by atoms with Crippen LogP contribution in [0.2, 0.25) is 0 Å². The lowest BCUT2D eigenvalue weighted by molar-refractivity contribution is 0.599. The van der Waals surface area contributed by atoms with Crippen LogP contribution in [-0.4, -0.2) is 8.42 Å². The molecule has 2 rings (SSSR count). The quantitative estimate of drug-likeness (QED) is 0.697. The van der Waals surface area contributed by atoms with Crippen LogP contribution in [0.25, 0.3) is 11.1 Å². The van der Waals surface area contributed by atoms with E-state index in [1.807, 2.05) is 6.07 Å². The minimum Gasteiger partial charge on any atom is -0.216 e. The molecule has 0 atom stereocenters. The molecule has 2 aliphatic carbocycles. The van der Waals surface area contributed by atoms with Crippen molar-refractivity contribution in [1.29, 1.82) is 0 Å². The third-order valence-electron chi connectivity index (χ3n) is 1.66. The van der Waals surface area contributed by atoms with E-state index in [-0.39, 0.29) is 0 Å². The first-order chi connectivity index (χ1) is 6.97. The molecule has 0 aromatic carbocycles. The molecule has 0 radical (unpaired) electrons. The van der Waals surface area contributed by atoms with E-state index >= 15 is 0 Å². The summed E-state index contributed by atoms with van der Waals surface area (Å²) >= 11 is 0. The Balaban J connectivity index is 0.000000195. The van der Waals surface area contributed by atoms with E-state index in [1.165, 1.54) is 11.1 Å². The maximum absolute atomic E-state index is 9.19. The van der Waals surface area contributed by atoms with Gasteiger partial charge in [-0.25, -0.2) is 10.3 Å². The molecular weight excluding hydrogens is 212 g/mol. The van der Waals surface area contributed by atoms with Gasteiger partial charge in [-0.2, -0.15) is 8.42 Å². The lowest BCUT2D eigenvalue weighted by Gasteiger charge is -1.85. The fourth-order valence-electron chi connectivity index (χ4n) is 1.13. The summed E-state index contributed by atoms with van der Waals surface area (Å²) in [4.78, 5) is 0. The smallest absolute Gasteiger partial charge is 0.216 e. The molecule has 2 aliphatic rings. The van der Waals surface area contributed by atoms with Crippen LogP contribution >= 0.6 is 0 Å². The maximum Gasteiger partial charge on any atom is 0.271 e. The van der Waals surface area contributed by atoms with Crippen molar-refractivity contribution in [2.24, 2.45) is 10.3 Å². The Hall–Kier alpha value is -1.43. The molecule has 0 spiro atoms. The molecule has 0 amide bonds. The van der Waals surface area contributed by atoms with Crippen molar-refractivity contribution in [1.82, 2.24) is 0 Å². The van der Waals surface area contributed by atoms with Crippen LogP contribution in [0.5, 0.6) is 0 Å². The van der Waals surface area contributed by atoms with Crippen molar-refractivity contribution in [3.05, 3.63) is 48.5 Å². The summed E-state index contributed by atoms with van der Waals surface area (Å²) in [5.74, 6) is 0. The molecule has 5 heteroatoms. The van der Waals surface area contributed by atoms with E-state index < -0.39 is 10.2 Å². The Morgan fingerprint density at radius 2 is 1.07 bits per heavy atom. The molecule has 4 nitrogen and oxygen atoms in total. The summed E-state index contributed by atoms with van der Waals surface area (Å²) in [6, 6.07) is 16.7. The molecule has 80 valence electrons. The maximum atomic E-state index is 9.19. The summed E-state index contributed by atoms with van der Waals surface area (Å²) in [6.45, 7) is 0. The Kier molecular flexibility index (Phi) is 3.79. The Bertz CT molecular complexity index is 461. The Morgan fingerprint density at radius 1 is 0.733 bits per heavy atom. The zero-order valence-corrected chi connectivity index (χ0v) is 8.81. The van der Waals surface area contributed by atoms with Gasteiger partial charge in [0.1, 0.15) is 0 Å². The zero-order chi connectivity index (χ0) is 11.3. The Labute approximate surface area is 89.0 Å². The molecule has 0 fully saturated rings. The van der Waals surface area contributed by atoms with Crippen LogP contribution in [-0.2, 0) is 10.2 Å². The van der Waals surface area contributed by atoms with E-state index in [1.54, 1.807) is 0 Å². The van der Waals surface area contributed by atoms with Gasteiger partial charge in [0.25, 0.3) is 10.2 Å². The highest BCUT2D eigenvalue weighted by Crippen LogP contribution is 2.19. The number of fused-ring (bicyclic) bond motifs is 1. The minimum absolute atomic E-state index is 1.31. The highest BCUT2D eigenvalue weighted by Gasteiger charge is 1.94. The third-order valence-corrected chi connectivity index (χ3v) is 1.66. The number of hydrogen-bond donors (Lipinski definition) is 2. The molecule has 0 saturated carbocycles. The second-order valence-corrected chi connectivity index (χ2v) is 4.11. The monoisotopic (exact) mass is 224 g/mol. The first-order valence-corrected chi connectivity index (χ1v) is 5.82. The van der Waals surface area contributed by atoms with Gasteiger partial charge in [-0.15, -0.1) is 0 Å². The predicted octanol–water partition coefficient (Wildman–Crippen LogP) is 0.940. The van der Waals surface area contributed by atoms with Gasteiger partial charge in [0.2, 0.25) is 0 Å². The summed E-state index contributed by atoms with van der Waals surface area (Å²) in [6.07, 6.45) is 0. The average Bonchev–Trinajstić information content (AvgIpc) is 2.40. The summed E-state index contributed by atoms with van der Waals surface area (Å²) in [5, 5.41) is 8.21. The van der Waals surface area contributed by atoms with Crippen molar-refractivity contribution in [3.63, 3.8) is 0 Å². The number of rotatable bonds is 0. The average molecular weight is 224 g/mol. The summed E-state index contributed by atoms with van der Waals surface area (Å²) in [7, 11) is -3.67. The van der Waals surface area contributed by atoms with Gasteiger partial charge in [-0.1, -0.05) is 48.5 Å². The molecule has 0 bridgehead atoms. The SMILES string of the molecule is NS(N)(=O)=O.c1ccc2cccc-2cc1. The van der Waals surface area contributed by atoms with Crippen LogP contribution in [0.3, 0.4) is 0 Å². The lowest BCUT2D eigenvalue weighted by atomic mass is 10.2. The van der Waals surface area contributed by atoms with Gasteiger partial charge in [-0.3, -0.25) is 0 Å². The van der Waals surface area contributed by atoms with E-state index in [0.29, 0.717) is 0 Å². The second kappa shape index (κ2) is 4.88. The summed E-state index contributed by atoms with van der Waals surface area (Å²) < 4.78 is 18.4. The minimum atomic E-state index is -3.67. The van der Waals surface area contributed by atoms with Gasteiger partial charge in [0.15, 0.2) is 0 Å². The van der Waals surface area contributed by atoms with Crippen LogP contribution in [0, 0.1) is 0 Å². The van der Waals surface area contributed by atoms with Crippen molar-refractivity contribution in [2.45, 2.75) is 0 Å². The first-order valence-electron chi connectivity index (χ1n) is 4.21. The zero-order valence-electron chi connectivity index (χ0n) is 8.00. The summed E-state index contributed by atoms with van der Waals surface area (Å²) in [5.41, 5.74) is 2.62. The highest BCUT2D eigenvalue weighted by atomic mass is 32.2. The standard InChI is InChI=1S/C10H8.H4N2O2S/c1-2-5-9-7-4-8-10(9)6-3-1;1-5(2,3)4/h1-8H;(H4,1,2,3,4). The van der Waals surface area contributed by atoms with E-state index in [2.05, 4.69) is 52.7 Å². The normalized spacial score (nSPS) is 10.5. The third kappa shape index (κ3) is 5.11. The molecule has 0 aromatic rings. The van der Waals surface area contributed by atoms with E-state index in [9.17, 15) is 8.42 Å². The van der Waals surface area contributed by atoms with Gasteiger partial charge >= 0.3 is 0 Å². The van der Waals surface area contributed by atoms with Crippen molar-refractivity contribution < 1.29 is 8.42 Å².